The summed E-state index contributed by atoms with van der Waals surface area (Å²) in [5, 5.41) is 0. The van der Waals surface area contributed by atoms with Crippen molar-refractivity contribution in [2.75, 3.05) is 17.7 Å². The first-order valence-corrected chi connectivity index (χ1v) is 5.67. The van der Waals surface area contributed by atoms with Crippen molar-refractivity contribution in [3.05, 3.63) is 53.8 Å². The molecule has 0 bridgehead atoms. The third kappa shape index (κ3) is 2.65. The molecule has 4 N–H and O–H groups in total. The fourth-order valence-electron chi connectivity index (χ4n) is 1.80. The number of nitrogens with two attached hydrogens (primary N) is 2. The van der Waals surface area contributed by atoms with Crippen LogP contribution in [0, 0.1) is 5.82 Å². The molecule has 0 aliphatic heterocycles. The second-order valence-electron chi connectivity index (χ2n) is 4.17. The van der Waals surface area contributed by atoms with Gasteiger partial charge in [-0.25, -0.2) is 4.39 Å². The number of nitrogen functional groups attached to an aromatic ring is 1. The van der Waals surface area contributed by atoms with Gasteiger partial charge in [0.2, 0.25) is 0 Å². The maximum Gasteiger partial charge on any atom is 0.250 e. The van der Waals surface area contributed by atoms with E-state index in [-0.39, 0.29) is 11.4 Å². The van der Waals surface area contributed by atoms with Crippen LogP contribution >= 0.6 is 0 Å². The molecule has 0 saturated heterocycles. The molecule has 0 aromatic heterocycles. The van der Waals surface area contributed by atoms with Crippen LogP contribution in [0.25, 0.3) is 0 Å². The van der Waals surface area contributed by atoms with Crippen molar-refractivity contribution in [1.82, 2.24) is 0 Å². The predicted octanol–water partition coefficient (Wildman–Crippen LogP) is 2.27. The average Bonchev–Trinajstić information content (AvgIpc) is 2.38. The normalized spacial score (nSPS) is 10.2. The summed E-state index contributed by atoms with van der Waals surface area (Å²) < 4.78 is 13.2. The van der Waals surface area contributed by atoms with Gasteiger partial charge in [-0.1, -0.05) is 6.07 Å². The average molecular weight is 259 g/mol. The van der Waals surface area contributed by atoms with Crippen LogP contribution < -0.4 is 16.4 Å². The quantitative estimate of drug-likeness (QED) is 0.830. The Kier molecular flexibility index (Phi) is 3.37. The smallest absolute Gasteiger partial charge is 0.250 e. The zero-order valence-corrected chi connectivity index (χ0v) is 10.4. The summed E-state index contributed by atoms with van der Waals surface area (Å²) in [6.07, 6.45) is 0. The molecule has 0 radical (unpaired) electrons. The van der Waals surface area contributed by atoms with Crippen LogP contribution in [0.2, 0.25) is 0 Å². The number of carbonyl (C=O) groups is 1. The number of anilines is 3. The molecule has 2 aromatic carbocycles. The first-order valence-electron chi connectivity index (χ1n) is 5.67. The summed E-state index contributed by atoms with van der Waals surface area (Å²) >= 11 is 0. The highest BCUT2D eigenvalue weighted by Crippen LogP contribution is 2.26. The number of nitrogens with zero attached hydrogens (tertiary/aromatic N) is 1. The lowest BCUT2D eigenvalue weighted by molar-refractivity contribution is 0.100. The van der Waals surface area contributed by atoms with E-state index < -0.39 is 5.91 Å². The van der Waals surface area contributed by atoms with Crippen LogP contribution in [-0.4, -0.2) is 13.0 Å². The van der Waals surface area contributed by atoms with Crippen LogP contribution in [0.1, 0.15) is 10.4 Å². The molecular formula is C14H14FN3O. The molecular weight excluding hydrogens is 245 g/mol. The summed E-state index contributed by atoms with van der Waals surface area (Å²) in [5.74, 6) is -0.915. The molecule has 0 unspecified atom stereocenters. The first-order chi connectivity index (χ1) is 8.99. The minimum absolute atomic E-state index is 0.251. The molecule has 19 heavy (non-hydrogen) atoms. The number of hydrogen-bond acceptors (Lipinski definition) is 3. The minimum atomic E-state index is -0.591. The SMILES string of the molecule is CN(c1cccc(F)c1)c1ccc(N)c(C(N)=O)c1. The number of halogens is 1. The highest BCUT2D eigenvalue weighted by Gasteiger charge is 2.10. The van der Waals surface area contributed by atoms with Crippen LogP contribution in [0.3, 0.4) is 0 Å². The van der Waals surface area contributed by atoms with Gasteiger partial charge in [0.05, 0.1) is 5.56 Å². The maximum absolute atomic E-state index is 13.2. The van der Waals surface area contributed by atoms with Crippen molar-refractivity contribution in [1.29, 1.82) is 0 Å². The van der Waals surface area contributed by atoms with E-state index in [0.717, 1.165) is 0 Å². The second kappa shape index (κ2) is 4.97. The van der Waals surface area contributed by atoms with Gasteiger partial charge in [0.15, 0.2) is 0 Å². The van der Waals surface area contributed by atoms with Crippen molar-refractivity contribution in [2.45, 2.75) is 0 Å². The van der Waals surface area contributed by atoms with Gasteiger partial charge < -0.3 is 16.4 Å². The zero-order valence-electron chi connectivity index (χ0n) is 10.4. The molecule has 0 aliphatic carbocycles. The number of hydrogen-bond donors (Lipinski definition) is 2. The molecule has 0 aliphatic rings. The van der Waals surface area contributed by atoms with Crippen molar-refractivity contribution < 1.29 is 9.18 Å². The van der Waals surface area contributed by atoms with Crippen molar-refractivity contribution in [2.24, 2.45) is 5.73 Å². The van der Waals surface area contributed by atoms with Gasteiger partial charge in [0, 0.05) is 24.1 Å². The lowest BCUT2D eigenvalue weighted by Gasteiger charge is -2.20. The molecule has 0 saturated carbocycles. The Labute approximate surface area is 110 Å². The van der Waals surface area contributed by atoms with Gasteiger partial charge in [-0.3, -0.25) is 4.79 Å². The molecule has 5 heteroatoms. The summed E-state index contributed by atoms with van der Waals surface area (Å²) in [6.45, 7) is 0. The van der Waals surface area contributed by atoms with Gasteiger partial charge in [0.1, 0.15) is 5.82 Å². The maximum atomic E-state index is 13.2. The number of primary amides is 1. The van der Waals surface area contributed by atoms with E-state index in [1.807, 2.05) is 0 Å². The second-order valence-corrected chi connectivity index (χ2v) is 4.17. The van der Waals surface area contributed by atoms with Crippen LogP contribution in [0.4, 0.5) is 21.5 Å². The van der Waals surface area contributed by atoms with Gasteiger partial charge >= 0.3 is 0 Å². The minimum Gasteiger partial charge on any atom is -0.398 e. The van der Waals surface area contributed by atoms with Gasteiger partial charge in [-0.15, -0.1) is 0 Å². The Balaban J connectivity index is 2.42. The standard InChI is InChI=1S/C14H14FN3O/c1-18(10-4-2-3-9(15)7-10)11-5-6-13(16)12(8-11)14(17)19/h2-8H,16H2,1H3,(H2,17,19). The predicted molar refractivity (Wildman–Crippen MR) is 73.8 cm³/mol. The fraction of sp³-hybridized carbons (Fsp3) is 0.0714. The van der Waals surface area contributed by atoms with E-state index in [9.17, 15) is 9.18 Å². The zero-order chi connectivity index (χ0) is 14.0. The molecule has 1 amide bonds. The lowest BCUT2D eigenvalue weighted by atomic mass is 10.1. The number of rotatable bonds is 3. The fourth-order valence-corrected chi connectivity index (χ4v) is 1.80. The van der Waals surface area contributed by atoms with E-state index in [2.05, 4.69) is 0 Å². The summed E-state index contributed by atoms with van der Waals surface area (Å²) in [7, 11) is 1.77. The summed E-state index contributed by atoms with van der Waals surface area (Å²) in [6, 6.07) is 11.1. The first kappa shape index (κ1) is 12.9. The molecule has 0 atom stereocenters. The highest BCUT2D eigenvalue weighted by molar-refractivity contribution is 5.99. The molecule has 4 nitrogen and oxygen atoms in total. The summed E-state index contributed by atoms with van der Waals surface area (Å²) in [4.78, 5) is 13.0. The Morgan fingerprint density at radius 1 is 1.16 bits per heavy atom. The third-order valence-electron chi connectivity index (χ3n) is 2.89. The highest BCUT2D eigenvalue weighted by atomic mass is 19.1. The van der Waals surface area contributed by atoms with E-state index in [1.54, 1.807) is 42.3 Å². The van der Waals surface area contributed by atoms with E-state index in [4.69, 9.17) is 11.5 Å². The van der Waals surface area contributed by atoms with E-state index in [1.165, 1.54) is 12.1 Å². The van der Waals surface area contributed by atoms with Crippen molar-refractivity contribution >= 4 is 23.0 Å². The molecule has 0 spiro atoms. The number of benzene rings is 2. The van der Waals surface area contributed by atoms with Crippen molar-refractivity contribution in [3.63, 3.8) is 0 Å². The van der Waals surface area contributed by atoms with Crippen molar-refractivity contribution in [3.8, 4) is 0 Å². The van der Waals surface area contributed by atoms with Crippen LogP contribution in [-0.2, 0) is 0 Å². The monoisotopic (exact) mass is 259 g/mol. The molecule has 0 heterocycles. The van der Waals surface area contributed by atoms with Gasteiger partial charge in [-0.2, -0.15) is 0 Å². The largest absolute Gasteiger partial charge is 0.398 e. The molecule has 2 aromatic rings. The Morgan fingerprint density at radius 3 is 2.47 bits per heavy atom. The van der Waals surface area contributed by atoms with Gasteiger partial charge in [0.25, 0.3) is 5.91 Å². The Hall–Kier alpha value is -2.56. The van der Waals surface area contributed by atoms with E-state index in [0.29, 0.717) is 17.1 Å². The topological polar surface area (TPSA) is 72.3 Å². The number of amides is 1. The van der Waals surface area contributed by atoms with Gasteiger partial charge in [-0.05, 0) is 36.4 Å². The number of carbonyl (C=O) groups excluding carboxylic acids is 1. The molecule has 0 fully saturated rings. The molecule has 2 rings (SSSR count). The van der Waals surface area contributed by atoms with Crippen LogP contribution in [0.5, 0.6) is 0 Å². The molecule has 98 valence electrons. The summed E-state index contributed by atoms with van der Waals surface area (Å²) in [5.41, 5.74) is 12.9. The van der Waals surface area contributed by atoms with Crippen LogP contribution in [0.15, 0.2) is 42.5 Å². The third-order valence-corrected chi connectivity index (χ3v) is 2.89. The lowest BCUT2D eigenvalue weighted by Crippen LogP contribution is -2.16. The van der Waals surface area contributed by atoms with E-state index >= 15 is 0 Å². The Bertz CT molecular complexity index is 628. The Morgan fingerprint density at radius 2 is 1.84 bits per heavy atom.